The zero-order valence-electron chi connectivity index (χ0n) is 14.6. The highest BCUT2D eigenvalue weighted by Crippen LogP contribution is 2.20. The number of furan rings is 1. The molecule has 3 N–H and O–H groups in total. The molecule has 26 heavy (non-hydrogen) atoms. The molecule has 2 aromatic heterocycles. The number of benzene rings is 1. The number of hydrogen-bond donors (Lipinski definition) is 2. The van der Waals surface area contributed by atoms with Crippen molar-refractivity contribution in [2.45, 2.75) is 19.9 Å². The second-order valence-corrected chi connectivity index (χ2v) is 5.93. The first-order valence-electron chi connectivity index (χ1n) is 8.39. The molecule has 0 saturated heterocycles. The average molecular weight is 351 g/mol. The lowest BCUT2D eigenvalue weighted by Crippen LogP contribution is -2.16. The number of ether oxygens (including phenoxy) is 1. The van der Waals surface area contributed by atoms with Crippen molar-refractivity contribution in [3.63, 3.8) is 0 Å². The standard InChI is InChI=1S/C20H21N3O3/c1-14-2-6-18(25-14)13-22-11-10-15-3-7-17(8-4-15)26-19-9-5-16(12-23-19)20(21)24/h2-9,12,22H,10-11,13H2,1H3,(H2,21,24). The highest BCUT2D eigenvalue weighted by Gasteiger charge is 2.03. The van der Waals surface area contributed by atoms with E-state index in [4.69, 9.17) is 14.9 Å². The summed E-state index contributed by atoms with van der Waals surface area (Å²) in [7, 11) is 0. The van der Waals surface area contributed by atoms with Gasteiger partial charge in [-0.1, -0.05) is 12.1 Å². The first-order valence-corrected chi connectivity index (χ1v) is 8.39. The van der Waals surface area contributed by atoms with Crippen LogP contribution in [0, 0.1) is 6.92 Å². The number of nitrogens with zero attached hydrogens (tertiary/aromatic N) is 1. The van der Waals surface area contributed by atoms with Crippen molar-refractivity contribution >= 4 is 5.91 Å². The van der Waals surface area contributed by atoms with Crippen molar-refractivity contribution in [2.75, 3.05) is 6.54 Å². The largest absolute Gasteiger partial charge is 0.465 e. The van der Waals surface area contributed by atoms with Gasteiger partial charge in [-0.3, -0.25) is 4.79 Å². The fourth-order valence-corrected chi connectivity index (χ4v) is 2.46. The molecule has 3 aromatic rings. The van der Waals surface area contributed by atoms with E-state index in [9.17, 15) is 4.79 Å². The summed E-state index contributed by atoms with van der Waals surface area (Å²) in [5.74, 6) is 2.46. The summed E-state index contributed by atoms with van der Waals surface area (Å²) in [5.41, 5.74) is 6.74. The van der Waals surface area contributed by atoms with Gasteiger partial charge in [-0.15, -0.1) is 0 Å². The van der Waals surface area contributed by atoms with Crippen molar-refractivity contribution < 1.29 is 13.9 Å². The van der Waals surface area contributed by atoms with Crippen LogP contribution in [0.2, 0.25) is 0 Å². The smallest absolute Gasteiger partial charge is 0.250 e. The Labute approximate surface area is 152 Å². The number of aromatic nitrogens is 1. The Hall–Kier alpha value is -3.12. The zero-order valence-corrected chi connectivity index (χ0v) is 14.6. The highest BCUT2D eigenvalue weighted by atomic mass is 16.5. The molecule has 6 heteroatoms. The van der Waals surface area contributed by atoms with E-state index in [1.54, 1.807) is 12.1 Å². The van der Waals surface area contributed by atoms with Crippen LogP contribution in [0.25, 0.3) is 0 Å². The van der Waals surface area contributed by atoms with Crippen molar-refractivity contribution in [1.29, 1.82) is 0 Å². The van der Waals surface area contributed by atoms with Crippen molar-refractivity contribution in [2.24, 2.45) is 5.73 Å². The van der Waals surface area contributed by atoms with Gasteiger partial charge < -0.3 is 20.2 Å². The zero-order chi connectivity index (χ0) is 18.4. The van der Waals surface area contributed by atoms with E-state index in [1.807, 2.05) is 43.3 Å². The molecule has 0 aliphatic heterocycles. The van der Waals surface area contributed by atoms with Gasteiger partial charge in [0.15, 0.2) is 0 Å². The minimum atomic E-state index is -0.510. The lowest BCUT2D eigenvalue weighted by atomic mass is 10.1. The number of rotatable bonds is 8. The Morgan fingerprint density at radius 2 is 1.96 bits per heavy atom. The Balaban J connectivity index is 1.46. The molecule has 1 aromatic carbocycles. The number of aryl methyl sites for hydroxylation is 1. The first kappa shape index (κ1) is 17.7. The van der Waals surface area contributed by atoms with E-state index in [1.165, 1.54) is 11.8 Å². The molecule has 0 radical (unpaired) electrons. The van der Waals surface area contributed by atoms with Gasteiger partial charge in [-0.05, 0) is 55.8 Å². The summed E-state index contributed by atoms with van der Waals surface area (Å²) >= 11 is 0. The number of nitrogens with two attached hydrogens (primary N) is 1. The first-order chi connectivity index (χ1) is 12.6. The van der Waals surface area contributed by atoms with E-state index in [-0.39, 0.29) is 0 Å². The van der Waals surface area contributed by atoms with Crippen molar-refractivity contribution in [3.8, 4) is 11.6 Å². The van der Waals surface area contributed by atoms with Crippen molar-refractivity contribution in [3.05, 3.63) is 77.4 Å². The molecule has 0 aliphatic rings. The Bertz CT molecular complexity index is 855. The molecule has 0 bridgehead atoms. The van der Waals surface area contributed by atoms with E-state index < -0.39 is 5.91 Å². The summed E-state index contributed by atoms with van der Waals surface area (Å²) in [6, 6.07) is 15.0. The quantitative estimate of drug-likeness (QED) is 0.608. The molecule has 6 nitrogen and oxygen atoms in total. The summed E-state index contributed by atoms with van der Waals surface area (Å²) in [6.45, 7) is 3.52. The molecule has 134 valence electrons. The van der Waals surface area contributed by atoms with E-state index >= 15 is 0 Å². The molecule has 3 rings (SSSR count). The molecule has 0 fully saturated rings. The fraction of sp³-hybridized carbons (Fsp3) is 0.200. The number of nitrogens with one attached hydrogen (secondary N) is 1. The third-order valence-electron chi connectivity index (χ3n) is 3.85. The SMILES string of the molecule is Cc1ccc(CNCCc2ccc(Oc3ccc(C(N)=O)cn3)cc2)o1. The van der Waals surface area contributed by atoms with Gasteiger partial charge in [-0.2, -0.15) is 0 Å². The number of hydrogen-bond acceptors (Lipinski definition) is 5. The monoisotopic (exact) mass is 351 g/mol. The number of carbonyl (C=O) groups is 1. The number of pyridine rings is 1. The predicted octanol–water partition coefficient (Wildman–Crippen LogP) is 3.21. The fourth-order valence-electron chi connectivity index (χ4n) is 2.46. The highest BCUT2D eigenvalue weighted by molar-refractivity contribution is 5.92. The average Bonchev–Trinajstić information content (AvgIpc) is 3.06. The molecule has 2 heterocycles. The third kappa shape index (κ3) is 4.94. The van der Waals surface area contributed by atoms with Crippen LogP contribution in [0.15, 0.2) is 59.1 Å². The summed E-state index contributed by atoms with van der Waals surface area (Å²) in [5, 5.41) is 3.36. The molecule has 0 unspecified atom stereocenters. The van der Waals surface area contributed by atoms with Gasteiger partial charge in [0.2, 0.25) is 11.8 Å². The van der Waals surface area contributed by atoms with Gasteiger partial charge in [0.25, 0.3) is 0 Å². The van der Waals surface area contributed by atoms with Gasteiger partial charge in [0.05, 0.1) is 12.1 Å². The Morgan fingerprint density at radius 1 is 1.15 bits per heavy atom. The van der Waals surface area contributed by atoms with Gasteiger partial charge >= 0.3 is 0 Å². The number of amides is 1. The maximum atomic E-state index is 11.0. The van der Waals surface area contributed by atoms with Crippen LogP contribution >= 0.6 is 0 Å². The second kappa shape index (κ2) is 8.31. The van der Waals surface area contributed by atoms with Crippen LogP contribution in [-0.4, -0.2) is 17.4 Å². The minimum Gasteiger partial charge on any atom is -0.465 e. The Kier molecular flexibility index (Phi) is 5.66. The van der Waals surface area contributed by atoms with E-state index in [2.05, 4.69) is 10.3 Å². The van der Waals surface area contributed by atoms with Gasteiger partial charge in [0.1, 0.15) is 17.3 Å². The molecule has 0 atom stereocenters. The second-order valence-electron chi connectivity index (χ2n) is 5.93. The lowest BCUT2D eigenvalue weighted by Gasteiger charge is -2.07. The minimum absolute atomic E-state index is 0.352. The molecule has 1 amide bonds. The maximum absolute atomic E-state index is 11.0. The van der Waals surface area contributed by atoms with Gasteiger partial charge in [0, 0.05) is 12.3 Å². The van der Waals surface area contributed by atoms with E-state index in [0.29, 0.717) is 17.2 Å². The lowest BCUT2D eigenvalue weighted by molar-refractivity contribution is 0.1000. The third-order valence-corrected chi connectivity index (χ3v) is 3.85. The topological polar surface area (TPSA) is 90.4 Å². The predicted molar refractivity (Wildman–Crippen MR) is 98.1 cm³/mol. The Morgan fingerprint density at radius 3 is 2.58 bits per heavy atom. The van der Waals surface area contributed by atoms with Crippen LogP contribution in [0.4, 0.5) is 0 Å². The van der Waals surface area contributed by atoms with Crippen LogP contribution < -0.4 is 15.8 Å². The van der Waals surface area contributed by atoms with Crippen LogP contribution in [-0.2, 0) is 13.0 Å². The number of carbonyl (C=O) groups excluding carboxylic acids is 1. The molecule has 0 spiro atoms. The number of primary amides is 1. The van der Waals surface area contributed by atoms with Crippen LogP contribution in [0.3, 0.4) is 0 Å². The molecular formula is C20H21N3O3. The van der Waals surface area contributed by atoms with Gasteiger partial charge in [-0.25, -0.2) is 4.98 Å². The summed E-state index contributed by atoms with van der Waals surface area (Å²) in [4.78, 5) is 15.1. The summed E-state index contributed by atoms with van der Waals surface area (Å²) in [6.07, 6.45) is 2.31. The summed E-state index contributed by atoms with van der Waals surface area (Å²) < 4.78 is 11.2. The normalized spacial score (nSPS) is 10.7. The maximum Gasteiger partial charge on any atom is 0.250 e. The molecule has 0 aliphatic carbocycles. The van der Waals surface area contributed by atoms with E-state index in [0.717, 1.165) is 31.0 Å². The van der Waals surface area contributed by atoms with Crippen molar-refractivity contribution in [1.82, 2.24) is 10.3 Å². The van der Waals surface area contributed by atoms with Crippen LogP contribution in [0.5, 0.6) is 11.6 Å². The van der Waals surface area contributed by atoms with Crippen LogP contribution in [0.1, 0.15) is 27.4 Å². The molecular weight excluding hydrogens is 330 g/mol. The molecule has 0 saturated carbocycles.